The summed E-state index contributed by atoms with van der Waals surface area (Å²) >= 11 is 0. The summed E-state index contributed by atoms with van der Waals surface area (Å²) in [4.78, 5) is 16.9. The molecule has 0 aliphatic rings. The van der Waals surface area contributed by atoms with Crippen molar-refractivity contribution in [3.8, 4) is 45.3 Å². The second-order valence-electron chi connectivity index (χ2n) is 9.55. The van der Waals surface area contributed by atoms with Crippen molar-refractivity contribution in [1.82, 2.24) is 30.1 Å². The zero-order chi connectivity index (χ0) is 27.8. The van der Waals surface area contributed by atoms with E-state index in [-0.39, 0.29) is 5.82 Å². The molecule has 0 saturated carbocycles. The molecule has 2 N–H and O–H groups in total. The van der Waals surface area contributed by atoms with Crippen molar-refractivity contribution >= 4 is 21.9 Å². The lowest BCUT2D eigenvalue weighted by Gasteiger charge is -2.08. The topological polar surface area (TPSA) is 102 Å². The maximum absolute atomic E-state index is 14.3. The van der Waals surface area contributed by atoms with Gasteiger partial charge in [-0.2, -0.15) is 5.10 Å². The Morgan fingerprint density at radius 2 is 1.71 bits per heavy atom. The van der Waals surface area contributed by atoms with E-state index >= 15 is 0 Å². The summed E-state index contributed by atoms with van der Waals surface area (Å²) in [5.74, 6) is 0.731. The first-order valence-electron chi connectivity index (χ1n) is 12.9. The molecule has 200 valence electrons. The maximum atomic E-state index is 14.3. The minimum atomic E-state index is -0.373. The molecule has 8 nitrogen and oxygen atoms in total. The molecule has 0 amide bonds. The van der Waals surface area contributed by atoms with Crippen molar-refractivity contribution in [2.45, 2.75) is 6.61 Å². The van der Waals surface area contributed by atoms with Gasteiger partial charge in [0.2, 0.25) is 0 Å². The molecule has 0 unspecified atom stereocenters. The molecule has 0 fully saturated rings. The van der Waals surface area contributed by atoms with Gasteiger partial charge in [-0.3, -0.25) is 15.1 Å². The van der Waals surface area contributed by atoms with Gasteiger partial charge in [0, 0.05) is 34.8 Å². The molecule has 5 heterocycles. The molecule has 0 atom stereocenters. The number of nitrogens with zero attached hydrogens (tertiary/aromatic N) is 4. The maximum Gasteiger partial charge on any atom is 0.138 e. The molecule has 0 spiro atoms. The third-order valence-corrected chi connectivity index (χ3v) is 6.91. The highest BCUT2D eigenvalue weighted by atomic mass is 19.1. The van der Waals surface area contributed by atoms with E-state index in [0.29, 0.717) is 35.0 Å². The molecule has 0 bridgehead atoms. The number of pyridine rings is 3. The molecule has 5 aromatic heterocycles. The Hall–Kier alpha value is -5.57. The molecular formula is C32H23FN6O2. The van der Waals surface area contributed by atoms with E-state index in [1.54, 1.807) is 30.9 Å². The normalized spacial score (nSPS) is 11.3. The number of hydrogen-bond donors (Lipinski definition) is 2. The van der Waals surface area contributed by atoms with Gasteiger partial charge in [0.15, 0.2) is 0 Å². The van der Waals surface area contributed by atoms with Crippen LogP contribution in [-0.4, -0.2) is 37.2 Å². The van der Waals surface area contributed by atoms with Crippen molar-refractivity contribution in [3.05, 3.63) is 109 Å². The Morgan fingerprint density at radius 3 is 2.59 bits per heavy atom. The molecule has 0 aliphatic heterocycles. The van der Waals surface area contributed by atoms with Crippen LogP contribution in [0.15, 0.2) is 97.6 Å². The Labute approximate surface area is 233 Å². The molecule has 0 saturated heterocycles. The standard InChI is InChI=1S/C32H23FN6O2/c1-40-23-10-20(9-22(33)12-23)25-7-8-35-32-26(25)13-29(37-32)31-27-14-28(36-17-30(27)38-39-31)21-11-24(16-34-15-21)41-18-19-5-3-2-4-6-19/h2-17H,18H2,1H3,(H,35,37)(H,38,39). The smallest absolute Gasteiger partial charge is 0.138 e. The molecule has 0 radical (unpaired) electrons. The summed E-state index contributed by atoms with van der Waals surface area (Å²) in [6.45, 7) is 0.448. The van der Waals surface area contributed by atoms with Gasteiger partial charge >= 0.3 is 0 Å². The van der Waals surface area contributed by atoms with Gasteiger partial charge < -0.3 is 14.5 Å². The van der Waals surface area contributed by atoms with Crippen LogP contribution in [-0.2, 0) is 6.61 Å². The van der Waals surface area contributed by atoms with Crippen molar-refractivity contribution < 1.29 is 13.9 Å². The Kier molecular flexibility index (Phi) is 6.09. The summed E-state index contributed by atoms with van der Waals surface area (Å²) < 4.78 is 25.5. The predicted octanol–water partition coefficient (Wildman–Crippen LogP) is 6.96. The lowest BCUT2D eigenvalue weighted by molar-refractivity contribution is 0.305. The van der Waals surface area contributed by atoms with Crippen LogP contribution < -0.4 is 9.47 Å². The van der Waals surface area contributed by atoms with Crippen molar-refractivity contribution in [1.29, 1.82) is 0 Å². The van der Waals surface area contributed by atoms with E-state index < -0.39 is 0 Å². The van der Waals surface area contributed by atoms with Crippen LogP contribution >= 0.6 is 0 Å². The summed E-state index contributed by atoms with van der Waals surface area (Å²) in [7, 11) is 1.52. The molecule has 7 aromatic rings. The van der Waals surface area contributed by atoms with Gasteiger partial charge in [0.25, 0.3) is 0 Å². The van der Waals surface area contributed by atoms with E-state index in [9.17, 15) is 4.39 Å². The van der Waals surface area contributed by atoms with Gasteiger partial charge in [-0.25, -0.2) is 9.37 Å². The predicted molar refractivity (Wildman–Crippen MR) is 155 cm³/mol. The zero-order valence-electron chi connectivity index (χ0n) is 21.9. The summed E-state index contributed by atoms with van der Waals surface area (Å²) in [5.41, 5.74) is 7.10. The number of aromatic nitrogens is 6. The lowest BCUT2D eigenvalue weighted by atomic mass is 10.0. The number of ether oxygens (including phenoxy) is 2. The fraction of sp³-hybridized carbons (Fsp3) is 0.0625. The number of methoxy groups -OCH3 is 1. The number of rotatable bonds is 7. The number of aromatic amines is 2. The Bertz CT molecular complexity index is 2020. The van der Waals surface area contributed by atoms with Gasteiger partial charge in [0.05, 0.1) is 36.4 Å². The molecule has 2 aromatic carbocycles. The van der Waals surface area contributed by atoms with Crippen LogP contribution in [0.4, 0.5) is 4.39 Å². The number of fused-ring (bicyclic) bond motifs is 2. The first kappa shape index (κ1) is 24.5. The van der Waals surface area contributed by atoms with Crippen LogP contribution in [0.25, 0.3) is 55.7 Å². The molecular weight excluding hydrogens is 519 g/mol. The van der Waals surface area contributed by atoms with E-state index in [4.69, 9.17) is 9.47 Å². The molecule has 41 heavy (non-hydrogen) atoms. The Balaban J connectivity index is 1.24. The van der Waals surface area contributed by atoms with Crippen LogP contribution in [0.2, 0.25) is 0 Å². The number of benzene rings is 2. The van der Waals surface area contributed by atoms with Crippen molar-refractivity contribution in [2.24, 2.45) is 0 Å². The van der Waals surface area contributed by atoms with Gasteiger partial charge in [0.1, 0.15) is 35.3 Å². The molecule has 0 aliphatic carbocycles. The van der Waals surface area contributed by atoms with Gasteiger partial charge in [-0.05, 0) is 53.1 Å². The molecule has 7 rings (SSSR count). The minimum Gasteiger partial charge on any atom is -0.497 e. The summed E-state index contributed by atoms with van der Waals surface area (Å²) in [6, 6.07) is 22.4. The van der Waals surface area contributed by atoms with Gasteiger partial charge in [-0.1, -0.05) is 30.3 Å². The molecule has 9 heteroatoms. The lowest BCUT2D eigenvalue weighted by Crippen LogP contribution is -1.96. The minimum absolute atomic E-state index is 0.373. The third kappa shape index (κ3) is 4.74. The second kappa shape index (κ2) is 10.2. The third-order valence-electron chi connectivity index (χ3n) is 6.91. The quantitative estimate of drug-likeness (QED) is 0.226. The van der Waals surface area contributed by atoms with E-state index in [2.05, 4.69) is 30.1 Å². The number of halogens is 1. The van der Waals surface area contributed by atoms with Crippen LogP contribution in [0, 0.1) is 5.82 Å². The van der Waals surface area contributed by atoms with Crippen LogP contribution in [0.3, 0.4) is 0 Å². The summed E-state index contributed by atoms with van der Waals surface area (Å²) in [5, 5.41) is 9.37. The number of hydrogen-bond acceptors (Lipinski definition) is 6. The fourth-order valence-corrected chi connectivity index (χ4v) is 4.90. The summed E-state index contributed by atoms with van der Waals surface area (Å²) in [6.07, 6.45) is 6.90. The first-order chi connectivity index (χ1) is 20.1. The average Bonchev–Trinajstić information content (AvgIpc) is 3.64. The van der Waals surface area contributed by atoms with E-state index in [1.807, 2.05) is 54.6 Å². The zero-order valence-corrected chi connectivity index (χ0v) is 21.9. The highest BCUT2D eigenvalue weighted by Crippen LogP contribution is 2.35. The van der Waals surface area contributed by atoms with Crippen molar-refractivity contribution in [2.75, 3.05) is 7.11 Å². The highest BCUT2D eigenvalue weighted by molar-refractivity contribution is 6.00. The van der Waals surface area contributed by atoms with E-state index in [0.717, 1.165) is 44.4 Å². The monoisotopic (exact) mass is 542 g/mol. The first-order valence-corrected chi connectivity index (χ1v) is 12.9. The largest absolute Gasteiger partial charge is 0.497 e. The van der Waals surface area contributed by atoms with Gasteiger partial charge in [-0.15, -0.1) is 0 Å². The number of H-pyrrole nitrogens is 2. The second-order valence-corrected chi connectivity index (χ2v) is 9.55. The fourth-order valence-electron chi connectivity index (χ4n) is 4.90. The van der Waals surface area contributed by atoms with E-state index in [1.165, 1.54) is 19.2 Å². The highest BCUT2D eigenvalue weighted by Gasteiger charge is 2.16. The number of nitrogens with one attached hydrogen (secondary N) is 2. The van der Waals surface area contributed by atoms with Crippen LogP contribution in [0.5, 0.6) is 11.5 Å². The Morgan fingerprint density at radius 1 is 0.829 bits per heavy atom. The average molecular weight is 543 g/mol. The van der Waals surface area contributed by atoms with Crippen molar-refractivity contribution in [3.63, 3.8) is 0 Å². The van der Waals surface area contributed by atoms with Crippen LogP contribution in [0.1, 0.15) is 5.56 Å². The SMILES string of the molecule is COc1cc(F)cc(-c2ccnc3[nH]c(-c4n[nH]c5cnc(-c6cncc(OCc7ccccc7)c6)cc45)cc23)c1.